The summed E-state index contributed by atoms with van der Waals surface area (Å²) in [5.41, 5.74) is 1.93. The fourth-order valence-corrected chi connectivity index (χ4v) is 8.65. The van der Waals surface area contributed by atoms with Gasteiger partial charge in [-0.2, -0.15) is 9.62 Å². The fraction of sp³-hybridized carbons (Fsp3) is 0.500. The molecule has 0 radical (unpaired) electrons. The van der Waals surface area contributed by atoms with Gasteiger partial charge in [0.15, 0.2) is 5.82 Å². The van der Waals surface area contributed by atoms with Gasteiger partial charge >= 0.3 is 0 Å². The first-order valence-electron chi connectivity index (χ1n) is 11.6. The molecule has 0 spiro atoms. The maximum atomic E-state index is 13.7. The summed E-state index contributed by atoms with van der Waals surface area (Å²) in [6.07, 6.45) is 4.52. The van der Waals surface area contributed by atoms with E-state index < -0.39 is 26.1 Å². The predicted octanol–water partition coefficient (Wildman–Crippen LogP) is 4.27. The minimum Gasteiger partial charge on any atom is -0.394 e. The standard InChI is InChI=1S/C24H27ClN4O3S2/c25-18-4-2-16(3-5-18)17-7-12-34(32,13-8-17)29-23-19(14-26)21(28-24(15-30)9-1-10-24)22-20(27-23)6-11-33(22)31/h2-5,17,30H,1,6-13,15H2,(H,27,28)/t17?,33-,34?/m0/s1. The second-order valence-corrected chi connectivity index (χ2v) is 13.9. The molecule has 34 heavy (non-hydrogen) atoms. The van der Waals surface area contributed by atoms with Crippen LogP contribution in [0.15, 0.2) is 33.5 Å². The third-order valence-electron chi connectivity index (χ3n) is 7.24. The molecular formula is C24H27ClN4O3S2. The molecule has 7 nitrogen and oxygen atoms in total. The van der Waals surface area contributed by atoms with Crippen LogP contribution in [0.4, 0.5) is 11.5 Å². The first-order chi connectivity index (χ1) is 16.4. The first-order valence-corrected chi connectivity index (χ1v) is 15.1. The zero-order valence-electron chi connectivity index (χ0n) is 18.8. The van der Waals surface area contributed by atoms with E-state index in [9.17, 15) is 18.8 Å². The van der Waals surface area contributed by atoms with Gasteiger partial charge in [0.05, 0.1) is 49.0 Å². The third-order valence-corrected chi connectivity index (χ3v) is 11.2. The number of nitriles is 1. The highest BCUT2D eigenvalue weighted by Crippen LogP contribution is 2.43. The van der Waals surface area contributed by atoms with Crippen molar-refractivity contribution in [2.75, 3.05) is 29.2 Å². The lowest BCUT2D eigenvalue weighted by Crippen LogP contribution is -2.48. The molecule has 1 saturated carbocycles. The highest BCUT2D eigenvalue weighted by molar-refractivity contribution is 7.93. The summed E-state index contributed by atoms with van der Waals surface area (Å²) < 4.78 is 31.1. The monoisotopic (exact) mass is 518 g/mol. The molecule has 3 aliphatic rings. The van der Waals surface area contributed by atoms with Gasteiger partial charge in [0, 0.05) is 28.7 Å². The molecular weight excluding hydrogens is 492 g/mol. The van der Waals surface area contributed by atoms with Gasteiger partial charge in [-0.1, -0.05) is 23.7 Å². The van der Waals surface area contributed by atoms with E-state index in [1.54, 1.807) is 0 Å². The van der Waals surface area contributed by atoms with Crippen LogP contribution in [0, 0.1) is 11.3 Å². The summed E-state index contributed by atoms with van der Waals surface area (Å²) in [6.45, 7) is -0.0725. The number of aryl methyl sites for hydroxylation is 1. The molecule has 2 aliphatic heterocycles. The minimum atomic E-state index is -2.58. The smallest absolute Gasteiger partial charge is 0.181 e. The Hall–Kier alpha value is -1.99. The SMILES string of the molecule is N#Cc1c(N=S2(=O)CCC(c3ccc(Cl)cc3)CC2)nc2c(c1NC1(CO)CCC1)[S@@](=O)CC2. The van der Waals surface area contributed by atoms with E-state index in [1.807, 2.05) is 24.3 Å². The highest BCUT2D eigenvalue weighted by Gasteiger charge is 2.39. The van der Waals surface area contributed by atoms with E-state index in [-0.39, 0.29) is 18.0 Å². The zero-order chi connectivity index (χ0) is 23.9. The molecule has 1 aromatic heterocycles. The molecule has 1 atom stereocenters. The van der Waals surface area contributed by atoms with Crippen LogP contribution in [-0.2, 0) is 26.9 Å². The molecule has 2 N–H and O–H groups in total. The van der Waals surface area contributed by atoms with E-state index in [0.717, 1.165) is 32.1 Å². The Morgan fingerprint density at radius 3 is 2.59 bits per heavy atom. The van der Waals surface area contributed by atoms with Gasteiger partial charge in [-0.3, -0.25) is 4.21 Å². The Morgan fingerprint density at radius 1 is 1.29 bits per heavy atom. The number of aliphatic hydroxyl groups excluding tert-OH is 1. The molecule has 10 heteroatoms. The van der Waals surface area contributed by atoms with Gasteiger partial charge in [0.2, 0.25) is 0 Å². The van der Waals surface area contributed by atoms with Crippen LogP contribution >= 0.6 is 11.6 Å². The summed E-state index contributed by atoms with van der Waals surface area (Å²) in [5, 5.41) is 24.1. The van der Waals surface area contributed by atoms with Crippen molar-refractivity contribution in [3.8, 4) is 6.07 Å². The average Bonchev–Trinajstić information content (AvgIpc) is 3.17. The lowest BCUT2D eigenvalue weighted by Gasteiger charge is -2.42. The molecule has 180 valence electrons. The minimum absolute atomic E-state index is 0.0725. The summed E-state index contributed by atoms with van der Waals surface area (Å²) in [6, 6.07) is 9.97. The van der Waals surface area contributed by atoms with E-state index in [0.29, 0.717) is 50.9 Å². The third kappa shape index (κ3) is 4.37. The largest absolute Gasteiger partial charge is 0.394 e. The van der Waals surface area contributed by atoms with E-state index in [2.05, 4.69) is 20.7 Å². The summed E-state index contributed by atoms with van der Waals surface area (Å²) >= 11 is 6.01. The van der Waals surface area contributed by atoms with Crippen molar-refractivity contribution in [2.45, 2.75) is 54.9 Å². The lowest BCUT2D eigenvalue weighted by atomic mass is 9.77. The second kappa shape index (κ2) is 9.23. The number of hydrogen-bond acceptors (Lipinski definition) is 7. The highest BCUT2D eigenvalue weighted by atomic mass is 35.5. The van der Waals surface area contributed by atoms with Crippen LogP contribution in [-0.4, -0.2) is 47.9 Å². The van der Waals surface area contributed by atoms with Crippen molar-refractivity contribution >= 4 is 43.6 Å². The van der Waals surface area contributed by atoms with Crippen LogP contribution in [0.3, 0.4) is 0 Å². The van der Waals surface area contributed by atoms with Crippen molar-refractivity contribution in [2.24, 2.45) is 4.36 Å². The van der Waals surface area contributed by atoms with Crippen LogP contribution in [0.2, 0.25) is 5.02 Å². The molecule has 1 saturated heterocycles. The van der Waals surface area contributed by atoms with E-state index >= 15 is 0 Å². The Labute approximate surface area is 207 Å². The van der Waals surface area contributed by atoms with Crippen molar-refractivity contribution in [3.05, 3.63) is 46.1 Å². The Morgan fingerprint density at radius 2 is 2.00 bits per heavy atom. The first kappa shape index (κ1) is 23.7. The van der Waals surface area contributed by atoms with Crippen molar-refractivity contribution in [3.63, 3.8) is 0 Å². The van der Waals surface area contributed by atoms with E-state index in [1.165, 1.54) is 5.56 Å². The lowest BCUT2D eigenvalue weighted by molar-refractivity contribution is 0.144. The Kier molecular flexibility index (Phi) is 6.44. The summed E-state index contributed by atoms with van der Waals surface area (Å²) in [4.78, 5) is 5.12. The average molecular weight is 519 g/mol. The zero-order valence-corrected chi connectivity index (χ0v) is 21.1. The Bertz CT molecular complexity index is 1290. The number of rotatable bonds is 5. The number of anilines is 1. The number of nitrogens with zero attached hydrogens (tertiary/aromatic N) is 3. The van der Waals surface area contributed by atoms with Crippen molar-refractivity contribution < 1.29 is 13.5 Å². The molecule has 1 aliphatic carbocycles. The number of halogens is 1. The van der Waals surface area contributed by atoms with Gasteiger partial charge in [-0.15, -0.1) is 0 Å². The predicted molar refractivity (Wildman–Crippen MR) is 135 cm³/mol. The summed E-state index contributed by atoms with van der Waals surface area (Å²) in [5.74, 6) is 1.77. The summed E-state index contributed by atoms with van der Waals surface area (Å²) in [7, 11) is -3.85. The van der Waals surface area contributed by atoms with Gasteiger partial charge in [-0.05, 0) is 55.7 Å². The topological polar surface area (TPSA) is 115 Å². The van der Waals surface area contributed by atoms with Crippen molar-refractivity contribution in [1.29, 1.82) is 5.26 Å². The molecule has 0 amide bonds. The maximum Gasteiger partial charge on any atom is 0.181 e. The van der Waals surface area contributed by atoms with Gasteiger partial charge in [0.25, 0.3) is 0 Å². The van der Waals surface area contributed by atoms with Crippen LogP contribution in [0.25, 0.3) is 0 Å². The molecule has 0 unspecified atom stereocenters. The molecule has 1 aromatic carbocycles. The molecule has 5 rings (SSSR count). The van der Waals surface area contributed by atoms with Crippen molar-refractivity contribution in [1.82, 2.24) is 4.98 Å². The number of benzene rings is 1. The molecule has 2 fully saturated rings. The Balaban J connectivity index is 1.50. The van der Waals surface area contributed by atoms with E-state index in [4.69, 9.17) is 11.6 Å². The van der Waals surface area contributed by atoms with Gasteiger partial charge in [-0.25, -0.2) is 9.19 Å². The second-order valence-electron chi connectivity index (χ2n) is 9.39. The number of aliphatic hydroxyl groups is 1. The van der Waals surface area contributed by atoms with Crippen LogP contribution in [0.5, 0.6) is 0 Å². The van der Waals surface area contributed by atoms with Gasteiger partial charge in [0.1, 0.15) is 11.6 Å². The number of nitrogens with one attached hydrogen (secondary N) is 1. The number of aromatic nitrogens is 1. The quantitative estimate of drug-likeness (QED) is 0.610. The molecule has 0 bridgehead atoms. The van der Waals surface area contributed by atoms with Gasteiger partial charge < -0.3 is 10.4 Å². The molecule has 3 heterocycles. The number of hydrogen-bond donors (Lipinski definition) is 2. The number of pyridine rings is 1. The maximum absolute atomic E-state index is 13.7. The molecule has 2 aromatic rings. The normalized spacial score (nSPS) is 27.3. The number of fused-ring (bicyclic) bond motifs is 1. The van der Waals surface area contributed by atoms with Crippen LogP contribution < -0.4 is 5.32 Å². The fourth-order valence-electron chi connectivity index (χ4n) is 5.01. The van der Waals surface area contributed by atoms with Crippen LogP contribution in [0.1, 0.15) is 54.8 Å².